The minimum Gasteiger partial charge on any atom is -0.383 e. The van der Waals surface area contributed by atoms with Gasteiger partial charge in [0.05, 0.1) is 41.9 Å². The normalized spacial score (nSPS) is 13.6. The quantitative estimate of drug-likeness (QED) is 0.741. The lowest BCUT2D eigenvalue weighted by Gasteiger charge is -2.19. The number of hydrogen-bond acceptors (Lipinski definition) is 5. The van der Waals surface area contributed by atoms with Crippen molar-refractivity contribution in [1.29, 1.82) is 0 Å². The zero-order valence-corrected chi connectivity index (χ0v) is 13.7. The van der Waals surface area contributed by atoms with Crippen LogP contribution in [0.25, 0.3) is 0 Å². The van der Waals surface area contributed by atoms with Crippen LogP contribution in [-0.4, -0.2) is 50.5 Å². The molecule has 0 aromatic carbocycles. The van der Waals surface area contributed by atoms with Gasteiger partial charge in [-0.05, 0) is 13.0 Å². The fourth-order valence-corrected chi connectivity index (χ4v) is 3.08. The van der Waals surface area contributed by atoms with Crippen molar-refractivity contribution >= 4 is 21.4 Å². The third kappa shape index (κ3) is 5.40. The van der Waals surface area contributed by atoms with Crippen molar-refractivity contribution in [3.05, 3.63) is 16.9 Å². The van der Waals surface area contributed by atoms with Crippen LogP contribution in [-0.2, 0) is 21.1 Å². The van der Waals surface area contributed by atoms with Gasteiger partial charge in [0.25, 0.3) is 0 Å². The molecule has 1 heterocycles. The van der Waals surface area contributed by atoms with E-state index in [9.17, 15) is 8.42 Å². The Morgan fingerprint density at radius 2 is 2.25 bits per heavy atom. The van der Waals surface area contributed by atoms with Crippen LogP contribution in [0.5, 0.6) is 0 Å². The fraction of sp³-hybridized carbons (Fsp3) is 0.750. The minimum atomic E-state index is -3.13. The van der Waals surface area contributed by atoms with Crippen LogP contribution in [0.2, 0.25) is 5.02 Å². The summed E-state index contributed by atoms with van der Waals surface area (Å²) in [6.45, 7) is 3.76. The molecule has 1 aromatic heterocycles. The summed E-state index contributed by atoms with van der Waals surface area (Å²) in [5.41, 5.74) is 0.697. The van der Waals surface area contributed by atoms with E-state index >= 15 is 0 Å². The van der Waals surface area contributed by atoms with Crippen molar-refractivity contribution in [3.63, 3.8) is 0 Å². The van der Waals surface area contributed by atoms with Crippen molar-refractivity contribution < 1.29 is 13.2 Å². The van der Waals surface area contributed by atoms with Crippen molar-refractivity contribution in [1.82, 2.24) is 15.1 Å². The summed E-state index contributed by atoms with van der Waals surface area (Å²) in [5.74, 6) is -0.00854. The van der Waals surface area contributed by atoms with E-state index in [0.717, 1.165) is 6.42 Å². The standard InChI is InChI=1S/C12H22ClN3O3S/c1-4-5-14-11(9-20(3,17)18)12-10(13)8-15-16(12)6-7-19-2/h8,11,14H,4-7,9H2,1-3H3. The second-order valence-corrected chi connectivity index (χ2v) is 7.28. The monoisotopic (exact) mass is 323 g/mol. The van der Waals surface area contributed by atoms with E-state index in [2.05, 4.69) is 10.4 Å². The third-order valence-corrected chi connectivity index (χ3v) is 4.01. The Kier molecular flexibility index (Phi) is 6.94. The molecule has 0 aliphatic heterocycles. The highest BCUT2D eigenvalue weighted by molar-refractivity contribution is 7.90. The van der Waals surface area contributed by atoms with Gasteiger partial charge in [-0.15, -0.1) is 0 Å². The highest BCUT2D eigenvalue weighted by atomic mass is 35.5. The summed E-state index contributed by atoms with van der Waals surface area (Å²) in [7, 11) is -1.52. The first-order chi connectivity index (χ1) is 9.39. The lowest BCUT2D eigenvalue weighted by Crippen LogP contribution is -2.31. The van der Waals surface area contributed by atoms with Crippen molar-refractivity contribution in [3.8, 4) is 0 Å². The van der Waals surface area contributed by atoms with Crippen LogP contribution in [0.3, 0.4) is 0 Å². The number of rotatable bonds is 9. The molecule has 1 unspecified atom stereocenters. The third-order valence-electron chi connectivity index (χ3n) is 2.78. The maximum Gasteiger partial charge on any atom is 0.149 e. The van der Waals surface area contributed by atoms with E-state index in [4.69, 9.17) is 16.3 Å². The average molecular weight is 324 g/mol. The Labute approximate surface area is 125 Å². The Morgan fingerprint density at radius 1 is 1.55 bits per heavy atom. The summed E-state index contributed by atoms with van der Waals surface area (Å²) in [4.78, 5) is 0. The number of halogens is 1. The zero-order valence-electron chi connectivity index (χ0n) is 12.1. The molecule has 1 aromatic rings. The number of sulfone groups is 1. The van der Waals surface area contributed by atoms with Gasteiger partial charge in [0.15, 0.2) is 0 Å². The number of nitrogens with zero attached hydrogens (tertiary/aromatic N) is 2. The Balaban J connectivity index is 3.02. The molecule has 1 N–H and O–H groups in total. The molecule has 0 radical (unpaired) electrons. The van der Waals surface area contributed by atoms with Gasteiger partial charge in [0.2, 0.25) is 0 Å². The highest BCUT2D eigenvalue weighted by Crippen LogP contribution is 2.24. The predicted molar refractivity (Wildman–Crippen MR) is 79.9 cm³/mol. The summed E-state index contributed by atoms with van der Waals surface area (Å²) in [6.07, 6.45) is 3.66. The number of methoxy groups -OCH3 is 1. The van der Waals surface area contributed by atoms with E-state index in [-0.39, 0.29) is 11.8 Å². The van der Waals surface area contributed by atoms with E-state index in [0.29, 0.717) is 30.4 Å². The fourth-order valence-electron chi connectivity index (χ4n) is 1.93. The van der Waals surface area contributed by atoms with Crippen molar-refractivity contribution in [2.24, 2.45) is 0 Å². The van der Waals surface area contributed by atoms with E-state index in [1.807, 2.05) is 6.92 Å². The van der Waals surface area contributed by atoms with E-state index < -0.39 is 9.84 Å². The van der Waals surface area contributed by atoms with Crippen LogP contribution >= 0.6 is 11.6 Å². The summed E-state index contributed by atoms with van der Waals surface area (Å²) in [5, 5.41) is 7.87. The van der Waals surface area contributed by atoms with E-state index in [1.165, 1.54) is 12.5 Å². The second-order valence-electron chi connectivity index (χ2n) is 4.69. The number of ether oxygens (including phenoxy) is 1. The minimum absolute atomic E-state index is 0.00854. The molecule has 6 nitrogen and oxygen atoms in total. The lowest BCUT2D eigenvalue weighted by molar-refractivity contribution is 0.182. The zero-order chi connectivity index (χ0) is 15.2. The van der Waals surface area contributed by atoms with Gasteiger partial charge < -0.3 is 10.1 Å². The van der Waals surface area contributed by atoms with Gasteiger partial charge in [-0.3, -0.25) is 4.68 Å². The van der Waals surface area contributed by atoms with Crippen LogP contribution in [0.1, 0.15) is 25.1 Å². The van der Waals surface area contributed by atoms with Gasteiger partial charge in [-0.25, -0.2) is 8.42 Å². The largest absolute Gasteiger partial charge is 0.383 e. The SMILES string of the molecule is CCCNC(CS(C)(=O)=O)c1c(Cl)cnn1CCOC. The molecule has 0 saturated carbocycles. The molecule has 0 amide bonds. The molecule has 0 fully saturated rings. The molecule has 0 aliphatic rings. The average Bonchev–Trinajstić information content (AvgIpc) is 2.72. The molecule has 0 saturated heterocycles. The highest BCUT2D eigenvalue weighted by Gasteiger charge is 2.23. The van der Waals surface area contributed by atoms with Crippen LogP contribution in [0, 0.1) is 0 Å². The van der Waals surface area contributed by atoms with Gasteiger partial charge in [0, 0.05) is 13.4 Å². The predicted octanol–water partition coefficient (Wildman–Crippen LogP) is 1.27. The van der Waals surface area contributed by atoms with Crippen LogP contribution in [0.15, 0.2) is 6.20 Å². The molecule has 8 heteroatoms. The Bertz CT molecular complexity index is 516. The molecule has 0 aliphatic carbocycles. The molecule has 116 valence electrons. The molecular formula is C12H22ClN3O3S. The van der Waals surface area contributed by atoms with Crippen LogP contribution < -0.4 is 5.32 Å². The van der Waals surface area contributed by atoms with Gasteiger partial charge in [0.1, 0.15) is 9.84 Å². The molecule has 20 heavy (non-hydrogen) atoms. The lowest BCUT2D eigenvalue weighted by atomic mass is 10.2. The maximum absolute atomic E-state index is 11.6. The molecule has 0 spiro atoms. The van der Waals surface area contributed by atoms with Gasteiger partial charge >= 0.3 is 0 Å². The Hall–Kier alpha value is -0.630. The topological polar surface area (TPSA) is 73.2 Å². The van der Waals surface area contributed by atoms with Crippen LogP contribution in [0.4, 0.5) is 0 Å². The number of hydrogen-bond donors (Lipinski definition) is 1. The molecule has 1 atom stereocenters. The molecular weight excluding hydrogens is 302 g/mol. The first-order valence-electron chi connectivity index (χ1n) is 6.50. The van der Waals surface area contributed by atoms with Gasteiger partial charge in [-0.1, -0.05) is 18.5 Å². The Morgan fingerprint density at radius 3 is 2.80 bits per heavy atom. The second kappa shape index (κ2) is 7.97. The summed E-state index contributed by atoms with van der Waals surface area (Å²) >= 11 is 6.17. The van der Waals surface area contributed by atoms with Crippen molar-refractivity contribution in [2.75, 3.05) is 32.3 Å². The van der Waals surface area contributed by atoms with Crippen molar-refractivity contribution in [2.45, 2.75) is 25.9 Å². The smallest absolute Gasteiger partial charge is 0.149 e. The molecule has 1 rings (SSSR count). The summed E-state index contributed by atoms with van der Waals surface area (Å²) in [6, 6.07) is -0.364. The van der Waals surface area contributed by atoms with E-state index in [1.54, 1.807) is 11.8 Å². The first kappa shape index (κ1) is 17.4. The van der Waals surface area contributed by atoms with Gasteiger partial charge in [-0.2, -0.15) is 5.10 Å². The molecule has 0 bridgehead atoms. The first-order valence-corrected chi connectivity index (χ1v) is 8.94. The number of nitrogens with one attached hydrogen (secondary N) is 1. The number of aromatic nitrogens is 2. The maximum atomic E-state index is 11.6. The summed E-state index contributed by atoms with van der Waals surface area (Å²) < 4.78 is 29.9.